The normalized spacial score (nSPS) is 11.6. The van der Waals surface area contributed by atoms with E-state index in [1.165, 1.54) is 5.56 Å². The van der Waals surface area contributed by atoms with Crippen LogP contribution >= 0.6 is 28.1 Å². The van der Waals surface area contributed by atoms with Crippen molar-refractivity contribution in [2.45, 2.75) is 32.6 Å². The third-order valence-corrected chi connectivity index (χ3v) is 4.79. The quantitative estimate of drug-likeness (QED) is 0.816. The molecular weight excluding hydrogens is 320 g/mol. The second-order valence-electron chi connectivity index (χ2n) is 5.03. The first kappa shape index (κ1) is 14.4. The molecule has 2 nitrogen and oxygen atoms in total. The van der Waals surface area contributed by atoms with Crippen molar-refractivity contribution in [3.63, 3.8) is 0 Å². The van der Waals surface area contributed by atoms with E-state index in [2.05, 4.69) is 58.8 Å². The maximum Gasteiger partial charge on any atom is 0.144 e. The van der Waals surface area contributed by atoms with Gasteiger partial charge in [-0.3, -0.25) is 0 Å². The van der Waals surface area contributed by atoms with E-state index in [0.717, 1.165) is 22.4 Å². The lowest BCUT2D eigenvalue weighted by molar-refractivity contribution is 0.583. The first-order valence-corrected chi connectivity index (χ1v) is 7.51. The van der Waals surface area contributed by atoms with Gasteiger partial charge in [-0.25, -0.2) is 4.98 Å². The Bertz CT molecular complexity index is 632. The maximum atomic E-state index is 5.34. The lowest BCUT2D eigenvalue weighted by Crippen LogP contribution is -2.23. The van der Waals surface area contributed by atoms with Crippen molar-refractivity contribution in [1.82, 2.24) is 9.97 Å². The number of nitrogens with zero attached hydrogens (tertiary/aromatic N) is 1. The van der Waals surface area contributed by atoms with Gasteiger partial charge in [-0.15, -0.1) is 0 Å². The van der Waals surface area contributed by atoms with Crippen LogP contribution in [-0.2, 0) is 11.8 Å². The molecule has 0 radical (unpaired) electrons. The monoisotopic (exact) mass is 336 g/mol. The summed E-state index contributed by atoms with van der Waals surface area (Å²) in [4.78, 5) is 7.96. The standard InChI is InChI=1S/C15H17BrN2S/c1-4-11-12(16)13(19)18-14(17-11)15(2,3)10-8-6-5-7-9-10/h5-9H,4H2,1-3H3,(H,17,18,19). The minimum absolute atomic E-state index is 0.195. The van der Waals surface area contributed by atoms with Crippen molar-refractivity contribution in [1.29, 1.82) is 0 Å². The average molecular weight is 337 g/mol. The van der Waals surface area contributed by atoms with Gasteiger partial charge in [0.1, 0.15) is 10.5 Å². The largest absolute Gasteiger partial charge is 0.345 e. The van der Waals surface area contributed by atoms with Crippen LogP contribution in [0.3, 0.4) is 0 Å². The summed E-state index contributed by atoms with van der Waals surface area (Å²) in [6, 6.07) is 10.4. The lowest BCUT2D eigenvalue weighted by atomic mass is 9.84. The molecule has 2 aromatic rings. The number of nitrogens with one attached hydrogen (secondary N) is 1. The van der Waals surface area contributed by atoms with E-state index in [1.54, 1.807) is 0 Å². The van der Waals surface area contributed by atoms with Crippen molar-refractivity contribution >= 4 is 28.1 Å². The number of hydrogen-bond donors (Lipinski definition) is 1. The third-order valence-electron chi connectivity index (χ3n) is 3.38. The Balaban J connectivity index is 2.59. The van der Waals surface area contributed by atoms with E-state index in [0.29, 0.717) is 4.64 Å². The number of aromatic nitrogens is 2. The van der Waals surface area contributed by atoms with E-state index in [-0.39, 0.29) is 5.41 Å². The van der Waals surface area contributed by atoms with Gasteiger partial charge in [-0.05, 0) is 41.8 Å². The molecule has 1 heterocycles. The van der Waals surface area contributed by atoms with Gasteiger partial charge >= 0.3 is 0 Å². The minimum Gasteiger partial charge on any atom is -0.345 e. The van der Waals surface area contributed by atoms with Gasteiger partial charge in [0.25, 0.3) is 0 Å². The van der Waals surface area contributed by atoms with Crippen LogP contribution in [0.5, 0.6) is 0 Å². The fourth-order valence-electron chi connectivity index (χ4n) is 2.04. The zero-order chi connectivity index (χ0) is 14.0. The average Bonchev–Trinajstić information content (AvgIpc) is 2.42. The molecular formula is C15H17BrN2S. The Hall–Kier alpha value is -1.00. The highest BCUT2D eigenvalue weighted by atomic mass is 79.9. The highest BCUT2D eigenvalue weighted by Crippen LogP contribution is 2.30. The molecule has 0 saturated carbocycles. The fraction of sp³-hybridized carbons (Fsp3) is 0.333. The molecule has 0 saturated heterocycles. The van der Waals surface area contributed by atoms with Gasteiger partial charge in [0.15, 0.2) is 0 Å². The van der Waals surface area contributed by atoms with Crippen molar-refractivity contribution in [2.75, 3.05) is 0 Å². The molecule has 0 unspecified atom stereocenters. The number of hydrogen-bond acceptors (Lipinski definition) is 2. The van der Waals surface area contributed by atoms with Crippen LogP contribution in [0.15, 0.2) is 34.8 Å². The van der Waals surface area contributed by atoms with E-state index in [4.69, 9.17) is 12.2 Å². The minimum atomic E-state index is -0.195. The second kappa shape index (κ2) is 5.55. The molecule has 0 aliphatic heterocycles. The molecule has 0 atom stereocenters. The topological polar surface area (TPSA) is 28.7 Å². The summed E-state index contributed by atoms with van der Waals surface area (Å²) in [6.07, 6.45) is 0.893. The Kier molecular flexibility index (Phi) is 4.21. The molecule has 19 heavy (non-hydrogen) atoms. The van der Waals surface area contributed by atoms with Gasteiger partial charge in [0.2, 0.25) is 0 Å². The summed E-state index contributed by atoms with van der Waals surface area (Å²) < 4.78 is 1.52. The number of rotatable bonds is 3. The molecule has 1 N–H and O–H groups in total. The molecule has 0 spiro atoms. The molecule has 2 rings (SSSR count). The summed E-state index contributed by atoms with van der Waals surface area (Å²) in [5.74, 6) is 0.906. The van der Waals surface area contributed by atoms with Crippen molar-refractivity contribution in [2.24, 2.45) is 0 Å². The first-order chi connectivity index (χ1) is 8.96. The Labute approximate surface area is 127 Å². The van der Waals surface area contributed by atoms with Crippen LogP contribution < -0.4 is 0 Å². The number of aryl methyl sites for hydroxylation is 1. The van der Waals surface area contributed by atoms with E-state index in [9.17, 15) is 0 Å². The van der Waals surface area contributed by atoms with Crippen molar-refractivity contribution in [3.05, 3.63) is 56.5 Å². The van der Waals surface area contributed by atoms with Crippen LogP contribution in [-0.4, -0.2) is 9.97 Å². The zero-order valence-corrected chi connectivity index (χ0v) is 13.7. The Morgan fingerprint density at radius 1 is 1.26 bits per heavy atom. The highest BCUT2D eigenvalue weighted by Gasteiger charge is 2.26. The summed E-state index contributed by atoms with van der Waals surface area (Å²) >= 11 is 8.83. The summed E-state index contributed by atoms with van der Waals surface area (Å²) in [7, 11) is 0. The van der Waals surface area contributed by atoms with Crippen LogP contribution in [0.2, 0.25) is 0 Å². The molecule has 0 aliphatic rings. The van der Waals surface area contributed by atoms with E-state index in [1.807, 2.05) is 18.2 Å². The van der Waals surface area contributed by atoms with Gasteiger partial charge in [-0.1, -0.05) is 49.5 Å². The molecule has 0 bridgehead atoms. The third kappa shape index (κ3) is 2.79. The van der Waals surface area contributed by atoms with Gasteiger partial charge in [-0.2, -0.15) is 0 Å². The lowest BCUT2D eigenvalue weighted by Gasteiger charge is -2.25. The number of benzene rings is 1. The second-order valence-corrected chi connectivity index (χ2v) is 6.21. The first-order valence-electron chi connectivity index (χ1n) is 6.31. The molecule has 0 fully saturated rings. The summed E-state index contributed by atoms with van der Waals surface area (Å²) in [6.45, 7) is 6.41. The van der Waals surface area contributed by atoms with Crippen molar-refractivity contribution < 1.29 is 0 Å². The van der Waals surface area contributed by atoms with Crippen LogP contribution in [0.1, 0.15) is 37.9 Å². The van der Waals surface area contributed by atoms with E-state index >= 15 is 0 Å². The molecule has 1 aromatic heterocycles. The van der Waals surface area contributed by atoms with Crippen LogP contribution in [0, 0.1) is 4.64 Å². The molecule has 1 aromatic carbocycles. The van der Waals surface area contributed by atoms with Gasteiger partial charge < -0.3 is 4.98 Å². The predicted octanol–water partition coefficient (Wildman–Crippen LogP) is 4.79. The number of aromatic amines is 1. The number of halogens is 1. The highest BCUT2D eigenvalue weighted by molar-refractivity contribution is 9.10. The Morgan fingerprint density at radius 3 is 2.47 bits per heavy atom. The Morgan fingerprint density at radius 2 is 1.89 bits per heavy atom. The van der Waals surface area contributed by atoms with Gasteiger partial charge in [0.05, 0.1) is 4.47 Å². The molecule has 100 valence electrons. The smallest absolute Gasteiger partial charge is 0.144 e. The number of H-pyrrole nitrogens is 1. The van der Waals surface area contributed by atoms with Crippen LogP contribution in [0.4, 0.5) is 0 Å². The van der Waals surface area contributed by atoms with Gasteiger partial charge in [0, 0.05) is 11.1 Å². The maximum absolute atomic E-state index is 5.34. The van der Waals surface area contributed by atoms with E-state index < -0.39 is 0 Å². The SMILES string of the molecule is CCc1[nH]c(C(C)(C)c2ccccc2)nc(=S)c1Br. The zero-order valence-electron chi connectivity index (χ0n) is 11.3. The molecule has 0 amide bonds. The summed E-state index contributed by atoms with van der Waals surface area (Å²) in [5.41, 5.74) is 2.12. The summed E-state index contributed by atoms with van der Waals surface area (Å²) in [5, 5.41) is 0. The van der Waals surface area contributed by atoms with Crippen LogP contribution in [0.25, 0.3) is 0 Å². The van der Waals surface area contributed by atoms with Crippen molar-refractivity contribution in [3.8, 4) is 0 Å². The predicted molar refractivity (Wildman–Crippen MR) is 85.1 cm³/mol. The molecule has 0 aliphatic carbocycles. The fourth-order valence-corrected chi connectivity index (χ4v) is 2.72. The molecule has 4 heteroatoms.